The summed E-state index contributed by atoms with van der Waals surface area (Å²) < 4.78 is 10.6. The molecule has 1 amide bonds. The second kappa shape index (κ2) is 9.50. The third-order valence-electron chi connectivity index (χ3n) is 4.15. The highest BCUT2D eigenvalue weighted by Gasteiger charge is 2.20. The summed E-state index contributed by atoms with van der Waals surface area (Å²) in [5.74, 6) is -0.323. The number of hydrogen-bond acceptors (Lipinski definition) is 5. The molecule has 1 N–H and O–H groups in total. The number of hydrogen-bond donors (Lipinski definition) is 1. The molecule has 0 radical (unpaired) electrons. The molecule has 0 saturated carbocycles. The number of esters is 1. The van der Waals surface area contributed by atoms with E-state index in [0.29, 0.717) is 18.2 Å². The number of oxazole rings is 1. The number of rotatable bonds is 8. The molecule has 0 atom stereocenters. The van der Waals surface area contributed by atoms with Crippen LogP contribution in [0.2, 0.25) is 0 Å². The van der Waals surface area contributed by atoms with Crippen molar-refractivity contribution in [2.45, 2.75) is 19.8 Å². The van der Waals surface area contributed by atoms with Crippen LogP contribution in [-0.2, 0) is 16.0 Å². The van der Waals surface area contributed by atoms with Crippen LogP contribution in [0.25, 0.3) is 11.5 Å². The molecule has 0 fully saturated rings. The summed E-state index contributed by atoms with van der Waals surface area (Å²) >= 11 is 0. The fraction of sp³-hybridized carbons (Fsp3) is 0.227. The van der Waals surface area contributed by atoms with E-state index in [9.17, 15) is 9.59 Å². The molecule has 144 valence electrons. The molecule has 0 aliphatic rings. The Kier molecular flexibility index (Phi) is 6.57. The summed E-state index contributed by atoms with van der Waals surface area (Å²) in [5, 5.41) is 2.75. The van der Waals surface area contributed by atoms with Gasteiger partial charge < -0.3 is 14.5 Å². The van der Waals surface area contributed by atoms with Gasteiger partial charge in [0.1, 0.15) is 5.76 Å². The average Bonchev–Trinajstić information content (AvgIpc) is 3.12. The zero-order chi connectivity index (χ0) is 19.8. The molecule has 0 aliphatic carbocycles. The Bertz CT molecular complexity index is 920. The summed E-state index contributed by atoms with van der Waals surface area (Å²) in [5.41, 5.74) is 2.07. The number of carbonyl (C=O) groups is 2. The van der Waals surface area contributed by atoms with E-state index in [-0.39, 0.29) is 18.2 Å². The van der Waals surface area contributed by atoms with Crippen LogP contribution in [0.1, 0.15) is 28.2 Å². The fourth-order valence-electron chi connectivity index (χ4n) is 2.71. The molecule has 2 aromatic carbocycles. The Balaban J connectivity index is 1.43. The molecule has 1 heterocycles. The van der Waals surface area contributed by atoms with Crippen LogP contribution >= 0.6 is 0 Å². The van der Waals surface area contributed by atoms with Gasteiger partial charge in [-0.25, -0.2) is 9.78 Å². The second-order valence-electron chi connectivity index (χ2n) is 6.31. The summed E-state index contributed by atoms with van der Waals surface area (Å²) in [7, 11) is 0. The van der Waals surface area contributed by atoms with E-state index in [1.807, 2.05) is 60.7 Å². The maximum Gasteiger partial charge on any atom is 0.361 e. The molecule has 0 spiro atoms. The van der Waals surface area contributed by atoms with Gasteiger partial charge in [0.15, 0.2) is 12.3 Å². The first-order chi connectivity index (χ1) is 13.6. The van der Waals surface area contributed by atoms with Crippen molar-refractivity contribution in [2.75, 3.05) is 13.2 Å². The highest BCUT2D eigenvalue weighted by atomic mass is 16.5. The Morgan fingerprint density at radius 2 is 1.71 bits per heavy atom. The number of amides is 1. The van der Waals surface area contributed by atoms with Gasteiger partial charge in [0.05, 0.1) is 0 Å². The smallest absolute Gasteiger partial charge is 0.361 e. The Hall–Kier alpha value is -3.41. The van der Waals surface area contributed by atoms with E-state index in [2.05, 4.69) is 10.3 Å². The normalized spacial score (nSPS) is 10.5. The van der Waals surface area contributed by atoms with E-state index in [0.717, 1.165) is 18.4 Å². The Labute approximate surface area is 163 Å². The van der Waals surface area contributed by atoms with Crippen molar-refractivity contribution in [2.24, 2.45) is 0 Å². The van der Waals surface area contributed by atoms with Gasteiger partial charge in [-0.05, 0) is 37.5 Å². The van der Waals surface area contributed by atoms with E-state index in [1.54, 1.807) is 6.92 Å². The molecule has 0 saturated heterocycles. The van der Waals surface area contributed by atoms with Gasteiger partial charge in [-0.2, -0.15) is 0 Å². The van der Waals surface area contributed by atoms with Gasteiger partial charge in [-0.15, -0.1) is 0 Å². The van der Waals surface area contributed by atoms with Crippen molar-refractivity contribution >= 4 is 11.9 Å². The van der Waals surface area contributed by atoms with E-state index in [4.69, 9.17) is 9.15 Å². The fourth-order valence-corrected chi connectivity index (χ4v) is 2.71. The minimum Gasteiger partial charge on any atom is -0.451 e. The van der Waals surface area contributed by atoms with Crippen LogP contribution in [0.5, 0.6) is 0 Å². The molecular weight excluding hydrogens is 356 g/mol. The predicted octanol–water partition coefficient (Wildman–Crippen LogP) is 3.56. The molecule has 1 aromatic heterocycles. The molecule has 3 aromatic rings. The van der Waals surface area contributed by atoms with Gasteiger partial charge >= 0.3 is 5.97 Å². The highest BCUT2D eigenvalue weighted by molar-refractivity contribution is 5.90. The zero-order valence-electron chi connectivity index (χ0n) is 15.7. The van der Waals surface area contributed by atoms with Crippen LogP contribution in [0.15, 0.2) is 65.1 Å². The Morgan fingerprint density at radius 1 is 1.04 bits per heavy atom. The minimum absolute atomic E-state index is 0.0794. The van der Waals surface area contributed by atoms with E-state index in [1.165, 1.54) is 5.56 Å². The van der Waals surface area contributed by atoms with Crippen LogP contribution < -0.4 is 5.32 Å². The van der Waals surface area contributed by atoms with Gasteiger partial charge in [-0.3, -0.25) is 4.79 Å². The first-order valence-electron chi connectivity index (χ1n) is 9.14. The molecule has 6 nitrogen and oxygen atoms in total. The predicted molar refractivity (Wildman–Crippen MR) is 105 cm³/mol. The van der Waals surface area contributed by atoms with Crippen molar-refractivity contribution in [1.82, 2.24) is 10.3 Å². The summed E-state index contributed by atoms with van der Waals surface area (Å²) in [6.07, 6.45) is 1.69. The van der Waals surface area contributed by atoms with Gasteiger partial charge in [0.2, 0.25) is 5.89 Å². The number of ether oxygens (including phenoxy) is 1. The molecule has 0 aliphatic heterocycles. The molecule has 28 heavy (non-hydrogen) atoms. The molecule has 6 heteroatoms. The number of nitrogens with one attached hydrogen (secondary N) is 1. The monoisotopic (exact) mass is 378 g/mol. The number of carbonyl (C=O) groups excluding carboxylic acids is 2. The summed E-state index contributed by atoms with van der Waals surface area (Å²) in [4.78, 5) is 28.3. The molecule has 3 rings (SSSR count). The third-order valence-corrected chi connectivity index (χ3v) is 4.15. The minimum atomic E-state index is -0.678. The molecule has 0 unspecified atom stereocenters. The lowest BCUT2D eigenvalue weighted by Gasteiger charge is -2.06. The van der Waals surface area contributed by atoms with Gasteiger partial charge in [0, 0.05) is 12.1 Å². The van der Waals surface area contributed by atoms with Crippen LogP contribution in [0.3, 0.4) is 0 Å². The topological polar surface area (TPSA) is 81.4 Å². The number of benzene rings is 2. The van der Waals surface area contributed by atoms with Crippen LogP contribution in [0.4, 0.5) is 0 Å². The molecule has 0 bridgehead atoms. The maximum atomic E-state index is 12.2. The van der Waals surface area contributed by atoms with Crippen LogP contribution in [-0.4, -0.2) is 30.0 Å². The number of nitrogens with zero attached hydrogens (tertiary/aromatic N) is 1. The molecular formula is C22H22N2O4. The zero-order valence-corrected chi connectivity index (χ0v) is 15.7. The first kappa shape index (κ1) is 19.4. The van der Waals surface area contributed by atoms with E-state index >= 15 is 0 Å². The summed E-state index contributed by atoms with van der Waals surface area (Å²) in [6, 6.07) is 19.3. The van der Waals surface area contributed by atoms with Crippen molar-refractivity contribution in [3.63, 3.8) is 0 Å². The second-order valence-corrected chi connectivity index (χ2v) is 6.31. The number of aromatic nitrogens is 1. The summed E-state index contributed by atoms with van der Waals surface area (Å²) in [6.45, 7) is 1.81. The lowest BCUT2D eigenvalue weighted by molar-refractivity contribution is -0.124. The van der Waals surface area contributed by atoms with Gasteiger partial charge in [0.25, 0.3) is 5.91 Å². The highest BCUT2D eigenvalue weighted by Crippen LogP contribution is 2.21. The lowest BCUT2D eigenvalue weighted by atomic mass is 10.1. The van der Waals surface area contributed by atoms with Gasteiger partial charge in [-0.1, -0.05) is 48.5 Å². The van der Waals surface area contributed by atoms with Crippen molar-refractivity contribution < 1.29 is 18.7 Å². The SMILES string of the molecule is Cc1oc(-c2ccccc2)nc1C(=O)OCC(=O)NCCCc1ccccc1. The average molecular weight is 378 g/mol. The first-order valence-corrected chi connectivity index (χ1v) is 9.14. The maximum absolute atomic E-state index is 12.2. The lowest BCUT2D eigenvalue weighted by Crippen LogP contribution is -2.30. The largest absolute Gasteiger partial charge is 0.451 e. The van der Waals surface area contributed by atoms with Crippen molar-refractivity contribution in [1.29, 1.82) is 0 Å². The third kappa shape index (κ3) is 5.30. The number of aryl methyl sites for hydroxylation is 2. The standard InChI is InChI=1S/C22H22N2O4/c1-16-20(24-21(28-16)18-12-6-3-7-13-18)22(26)27-15-19(25)23-14-8-11-17-9-4-2-5-10-17/h2-7,9-10,12-13H,8,11,14-15H2,1H3,(H,23,25). The van der Waals surface area contributed by atoms with E-state index < -0.39 is 5.97 Å². The Morgan fingerprint density at radius 3 is 2.43 bits per heavy atom. The van der Waals surface area contributed by atoms with Crippen molar-refractivity contribution in [3.8, 4) is 11.5 Å². The van der Waals surface area contributed by atoms with Crippen molar-refractivity contribution in [3.05, 3.63) is 77.7 Å². The van der Waals surface area contributed by atoms with Crippen LogP contribution in [0, 0.1) is 6.92 Å². The quantitative estimate of drug-likeness (QED) is 0.479.